The molecular weight excluding hydrogens is 308 g/mol. The minimum atomic E-state index is -0.540. The lowest BCUT2D eigenvalue weighted by atomic mass is 10.3. The quantitative estimate of drug-likeness (QED) is 0.671. The van der Waals surface area contributed by atoms with Crippen LogP contribution in [0.4, 0.5) is 5.13 Å². The van der Waals surface area contributed by atoms with Crippen molar-refractivity contribution in [1.82, 2.24) is 24.6 Å². The Labute approximate surface area is 129 Å². The first kappa shape index (κ1) is 15.9. The molecule has 0 aliphatic carbocycles. The number of hydrogen-bond donors (Lipinski definition) is 2. The van der Waals surface area contributed by atoms with Gasteiger partial charge in [0.2, 0.25) is 5.13 Å². The molecule has 0 aromatic carbocycles. The molecule has 0 fully saturated rings. The summed E-state index contributed by atoms with van der Waals surface area (Å²) < 4.78 is 2.08. The number of carbonyl (C=O) groups is 1. The molecular formula is C12H16N6O3S. The molecule has 0 saturated heterocycles. The van der Waals surface area contributed by atoms with Crippen molar-refractivity contribution in [1.29, 1.82) is 0 Å². The van der Waals surface area contributed by atoms with Gasteiger partial charge in [-0.15, -0.1) is 10.2 Å². The summed E-state index contributed by atoms with van der Waals surface area (Å²) in [5, 5.41) is 11.5. The smallest absolute Gasteiger partial charge is 0.331 e. The maximum Gasteiger partial charge on any atom is 0.331 e. The second-order valence-electron chi connectivity index (χ2n) is 4.66. The summed E-state index contributed by atoms with van der Waals surface area (Å²) in [6.07, 6.45) is 1.30. The molecule has 0 aliphatic rings. The molecule has 118 valence electrons. The van der Waals surface area contributed by atoms with Gasteiger partial charge in [0.15, 0.2) is 0 Å². The summed E-state index contributed by atoms with van der Waals surface area (Å²) in [7, 11) is 2.81. The predicted octanol–water partition coefficient (Wildman–Crippen LogP) is -1.12. The summed E-state index contributed by atoms with van der Waals surface area (Å²) in [6.45, 7) is 0.391. The van der Waals surface area contributed by atoms with Crippen LogP contribution in [0.15, 0.2) is 15.7 Å². The Kier molecular flexibility index (Phi) is 4.71. The molecule has 10 heteroatoms. The van der Waals surface area contributed by atoms with Crippen LogP contribution in [0.1, 0.15) is 21.9 Å². The lowest BCUT2D eigenvalue weighted by Crippen LogP contribution is -2.41. The lowest BCUT2D eigenvalue weighted by Gasteiger charge is -2.09. The number of anilines is 1. The highest BCUT2D eigenvalue weighted by atomic mass is 32.1. The molecule has 0 aliphatic heterocycles. The highest BCUT2D eigenvalue weighted by Crippen LogP contribution is 2.12. The van der Waals surface area contributed by atoms with Gasteiger partial charge in [-0.2, -0.15) is 0 Å². The molecule has 0 atom stereocenters. The second kappa shape index (κ2) is 6.52. The fourth-order valence-corrected chi connectivity index (χ4v) is 2.50. The summed E-state index contributed by atoms with van der Waals surface area (Å²) in [5.74, 6) is -0.464. The predicted molar refractivity (Wildman–Crippen MR) is 81.9 cm³/mol. The summed E-state index contributed by atoms with van der Waals surface area (Å²) in [5.41, 5.74) is 4.45. The average molecular weight is 324 g/mol. The molecule has 2 heterocycles. The van der Waals surface area contributed by atoms with Gasteiger partial charge < -0.3 is 11.1 Å². The normalized spacial score (nSPS) is 10.6. The van der Waals surface area contributed by atoms with Crippen molar-refractivity contribution in [2.45, 2.75) is 12.8 Å². The molecule has 0 saturated carbocycles. The van der Waals surface area contributed by atoms with E-state index in [-0.39, 0.29) is 5.69 Å². The molecule has 1 amide bonds. The Morgan fingerprint density at radius 3 is 2.68 bits per heavy atom. The number of aryl methyl sites for hydroxylation is 1. The van der Waals surface area contributed by atoms with Gasteiger partial charge >= 0.3 is 5.69 Å². The Bertz CT molecular complexity index is 806. The number of hydrogen-bond acceptors (Lipinski definition) is 7. The van der Waals surface area contributed by atoms with Crippen LogP contribution in [0.25, 0.3) is 0 Å². The maximum atomic E-state index is 12.0. The fraction of sp³-hybridized carbons (Fsp3) is 0.417. The van der Waals surface area contributed by atoms with Crippen LogP contribution in [0, 0.1) is 0 Å². The van der Waals surface area contributed by atoms with Gasteiger partial charge in [-0.05, 0) is 6.42 Å². The number of nitrogen functional groups attached to an aromatic ring is 1. The van der Waals surface area contributed by atoms with E-state index in [0.717, 1.165) is 20.2 Å². The van der Waals surface area contributed by atoms with Gasteiger partial charge in [-0.3, -0.25) is 18.7 Å². The van der Waals surface area contributed by atoms with Crippen molar-refractivity contribution in [3.63, 3.8) is 0 Å². The molecule has 0 radical (unpaired) electrons. The highest BCUT2D eigenvalue weighted by Gasteiger charge is 2.13. The van der Waals surface area contributed by atoms with Crippen molar-refractivity contribution in [2.24, 2.45) is 14.1 Å². The van der Waals surface area contributed by atoms with Gasteiger partial charge in [0.1, 0.15) is 10.7 Å². The number of amides is 1. The number of carbonyl (C=O) groups excluding carboxylic acids is 1. The molecule has 9 nitrogen and oxygen atoms in total. The minimum Gasteiger partial charge on any atom is -0.374 e. The number of nitrogens with zero attached hydrogens (tertiary/aromatic N) is 4. The van der Waals surface area contributed by atoms with E-state index in [1.54, 1.807) is 0 Å². The number of rotatable bonds is 5. The van der Waals surface area contributed by atoms with Crippen molar-refractivity contribution >= 4 is 22.4 Å². The van der Waals surface area contributed by atoms with Gasteiger partial charge in [0.25, 0.3) is 11.5 Å². The van der Waals surface area contributed by atoms with Gasteiger partial charge in [-0.1, -0.05) is 11.3 Å². The van der Waals surface area contributed by atoms with E-state index in [9.17, 15) is 14.4 Å². The minimum absolute atomic E-state index is 0.0354. The van der Waals surface area contributed by atoms with E-state index >= 15 is 0 Å². The van der Waals surface area contributed by atoms with Gasteiger partial charge in [-0.25, -0.2) is 4.79 Å². The molecule has 0 spiro atoms. The van der Waals surface area contributed by atoms with E-state index in [4.69, 9.17) is 5.73 Å². The Hall–Kier alpha value is -2.49. The first-order valence-corrected chi connectivity index (χ1v) is 7.35. The third-order valence-corrected chi connectivity index (χ3v) is 3.91. The molecule has 2 aromatic heterocycles. The van der Waals surface area contributed by atoms with Crippen LogP contribution in [0.3, 0.4) is 0 Å². The van der Waals surface area contributed by atoms with Crippen molar-refractivity contribution in [3.8, 4) is 0 Å². The number of nitrogens with two attached hydrogens (primary N) is 1. The van der Waals surface area contributed by atoms with Crippen molar-refractivity contribution in [3.05, 3.63) is 37.6 Å². The van der Waals surface area contributed by atoms with Crippen LogP contribution in [0.5, 0.6) is 0 Å². The van der Waals surface area contributed by atoms with Crippen LogP contribution < -0.4 is 22.3 Å². The fourth-order valence-electron chi connectivity index (χ4n) is 1.85. The van der Waals surface area contributed by atoms with Crippen molar-refractivity contribution < 1.29 is 4.79 Å². The number of nitrogens with one attached hydrogen (secondary N) is 1. The Balaban J connectivity index is 1.95. The summed E-state index contributed by atoms with van der Waals surface area (Å²) >= 11 is 1.30. The summed E-state index contributed by atoms with van der Waals surface area (Å²) in [4.78, 5) is 35.4. The zero-order chi connectivity index (χ0) is 16.3. The van der Waals surface area contributed by atoms with Crippen LogP contribution in [-0.4, -0.2) is 31.8 Å². The van der Waals surface area contributed by atoms with Crippen LogP contribution in [-0.2, 0) is 20.5 Å². The molecule has 0 unspecified atom stereocenters. The zero-order valence-electron chi connectivity index (χ0n) is 12.2. The van der Waals surface area contributed by atoms with E-state index in [0.29, 0.717) is 24.5 Å². The van der Waals surface area contributed by atoms with E-state index in [2.05, 4.69) is 15.5 Å². The number of aromatic nitrogens is 4. The third-order valence-electron chi connectivity index (χ3n) is 3.09. The largest absolute Gasteiger partial charge is 0.374 e. The van der Waals surface area contributed by atoms with E-state index < -0.39 is 17.2 Å². The maximum absolute atomic E-state index is 12.0. The zero-order valence-corrected chi connectivity index (χ0v) is 13.0. The lowest BCUT2D eigenvalue weighted by molar-refractivity contribution is 0.0943. The third kappa shape index (κ3) is 3.39. The highest BCUT2D eigenvalue weighted by molar-refractivity contribution is 7.15. The first-order chi connectivity index (χ1) is 10.4. The molecule has 22 heavy (non-hydrogen) atoms. The SMILES string of the molecule is Cn1c(C(=O)NCCCc2nnc(N)s2)cc(=O)n(C)c1=O. The molecule has 2 aromatic rings. The molecule has 2 rings (SSSR count). The standard InChI is InChI=1S/C12H16N6O3S/c1-17-7(6-9(19)18(2)12(17)21)10(20)14-5-3-4-8-15-16-11(13)22-8/h6H,3-5H2,1-2H3,(H2,13,16)(H,14,20). The van der Waals surface area contributed by atoms with E-state index in [1.807, 2.05) is 0 Å². The van der Waals surface area contributed by atoms with Gasteiger partial charge in [0.05, 0.1) is 0 Å². The van der Waals surface area contributed by atoms with Crippen molar-refractivity contribution in [2.75, 3.05) is 12.3 Å². The van der Waals surface area contributed by atoms with E-state index in [1.165, 1.54) is 25.4 Å². The summed E-state index contributed by atoms with van der Waals surface area (Å²) in [6, 6.07) is 1.14. The monoisotopic (exact) mass is 324 g/mol. The topological polar surface area (TPSA) is 125 Å². The van der Waals surface area contributed by atoms with Crippen LogP contribution >= 0.6 is 11.3 Å². The molecule has 3 N–H and O–H groups in total. The average Bonchev–Trinajstić information content (AvgIpc) is 2.90. The Morgan fingerprint density at radius 1 is 1.32 bits per heavy atom. The van der Waals surface area contributed by atoms with Crippen LogP contribution in [0.2, 0.25) is 0 Å². The van der Waals surface area contributed by atoms with Gasteiger partial charge in [0, 0.05) is 33.1 Å². The second-order valence-corrected chi connectivity index (χ2v) is 5.76. The molecule has 0 bridgehead atoms. The Morgan fingerprint density at radius 2 is 2.05 bits per heavy atom. The first-order valence-electron chi connectivity index (χ1n) is 6.53.